The van der Waals surface area contributed by atoms with Crippen molar-refractivity contribution in [1.82, 2.24) is 10.6 Å². The van der Waals surface area contributed by atoms with Crippen molar-refractivity contribution in [2.24, 2.45) is 5.73 Å². The molecule has 3 aromatic rings. The van der Waals surface area contributed by atoms with Gasteiger partial charge in [-0.15, -0.1) is 0 Å². The number of nitrogens with two attached hydrogens (primary N) is 1. The molecule has 1 fully saturated rings. The maximum Gasteiger partial charge on any atom is 0.323 e. The summed E-state index contributed by atoms with van der Waals surface area (Å²) < 4.78 is 0. The molecular formula is C27H26N4O3. The fourth-order valence-corrected chi connectivity index (χ4v) is 4.33. The number of hydrogen-bond donors (Lipinski definition) is 3. The molecule has 0 bridgehead atoms. The van der Waals surface area contributed by atoms with Crippen molar-refractivity contribution in [3.8, 4) is 0 Å². The number of hydrogen-bond acceptors (Lipinski definition) is 3. The van der Waals surface area contributed by atoms with Gasteiger partial charge in [-0.25, -0.2) is 4.79 Å². The molecule has 172 valence electrons. The maximum atomic E-state index is 12.0. The lowest BCUT2D eigenvalue weighted by Crippen LogP contribution is -2.62. The van der Waals surface area contributed by atoms with Gasteiger partial charge in [0, 0.05) is 0 Å². The molecule has 0 saturated carbocycles. The molecule has 2 aliphatic heterocycles. The van der Waals surface area contributed by atoms with Crippen molar-refractivity contribution >= 4 is 41.4 Å². The number of para-hydroxylation sites is 2. The van der Waals surface area contributed by atoms with Crippen LogP contribution in [-0.4, -0.2) is 24.5 Å². The van der Waals surface area contributed by atoms with Crippen molar-refractivity contribution in [3.63, 3.8) is 0 Å². The van der Waals surface area contributed by atoms with Gasteiger partial charge in [0.15, 0.2) is 5.41 Å². The van der Waals surface area contributed by atoms with Gasteiger partial charge in [-0.1, -0.05) is 85.8 Å². The van der Waals surface area contributed by atoms with E-state index in [-0.39, 0.29) is 18.5 Å². The number of nitrogens with zero attached hydrogens (tertiary/aromatic N) is 1. The molecule has 2 heterocycles. The minimum absolute atomic E-state index is 0.215. The van der Waals surface area contributed by atoms with Gasteiger partial charge >= 0.3 is 6.03 Å². The second kappa shape index (κ2) is 9.62. The lowest BCUT2D eigenvalue weighted by molar-refractivity contribution is -0.141. The zero-order valence-corrected chi connectivity index (χ0v) is 18.8. The molecule has 4 amide bonds. The molecule has 0 radical (unpaired) electrons. The Bertz CT molecular complexity index is 1190. The van der Waals surface area contributed by atoms with E-state index < -0.39 is 11.4 Å². The van der Waals surface area contributed by atoms with Crippen LogP contribution in [-0.2, 0) is 15.0 Å². The molecule has 4 N–H and O–H groups in total. The van der Waals surface area contributed by atoms with E-state index in [0.29, 0.717) is 6.42 Å². The lowest BCUT2D eigenvalue weighted by atomic mass is 9.75. The number of benzene rings is 3. The fraction of sp³-hybridized carbons (Fsp3) is 0.148. The molecule has 5 rings (SSSR count). The topological polar surface area (TPSA) is 105 Å². The lowest BCUT2D eigenvalue weighted by Gasteiger charge is -2.34. The van der Waals surface area contributed by atoms with Gasteiger partial charge in [0.1, 0.15) is 0 Å². The number of urea groups is 1. The Morgan fingerprint density at radius 1 is 0.824 bits per heavy atom. The Morgan fingerprint density at radius 3 is 1.76 bits per heavy atom. The van der Waals surface area contributed by atoms with Crippen LogP contribution >= 0.6 is 0 Å². The summed E-state index contributed by atoms with van der Waals surface area (Å²) in [6.45, 7) is 2.06. The number of carbonyl (C=O) groups excluding carboxylic acids is 3. The van der Waals surface area contributed by atoms with Crippen molar-refractivity contribution in [2.75, 3.05) is 11.6 Å². The van der Waals surface area contributed by atoms with Crippen LogP contribution in [0.3, 0.4) is 0 Å². The normalized spacial score (nSPS) is 15.5. The third-order valence-electron chi connectivity index (χ3n) is 6.09. The van der Waals surface area contributed by atoms with E-state index in [1.807, 2.05) is 97.9 Å². The SMILES string of the molecule is CCC1(c2ccccc2)C(=O)NCNC1=O.NC(=O)N1c2ccccc2C=Cc2ccccc21. The first kappa shape index (κ1) is 22.8. The molecule has 7 heteroatoms. The maximum absolute atomic E-state index is 12.0. The Balaban J connectivity index is 0.000000162. The fourth-order valence-electron chi connectivity index (χ4n) is 4.33. The minimum Gasteiger partial charge on any atom is -0.351 e. The third kappa shape index (κ3) is 4.03. The average Bonchev–Trinajstić information content (AvgIpc) is 3.03. The van der Waals surface area contributed by atoms with Crippen molar-refractivity contribution < 1.29 is 14.4 Å². The zero-order chi connectivity index (χ0) is 24.1. The summed E-state index contributed by atoms with van der Waals surface area (Å²) in [6, 6.07) is 24.1. The van der Waals surface area contributed by atoms with E-state index in [9.17, 15) is 14.4 Å². The van der Waals surface area contributed by atoms with Gasteiger partial charge in [0.2, 0.25) is 11.8 Å². The Morgan fingerprint density at radius 2 is 1.29 bits per heavy atom. The van der Waals surface area contributed by atoms with Crippen molar-refractivity contribution in [3.05, 3.63) is 95.6 Å². The van der Waals surface area contributed by atoms with E-state index in [0.717, 1.165) is 28.1 Å². The predicted molar refractivity (Wildman–Crippen MR) is 133 cm³/mol. The second-order valence-corrected chi connectivity index (χ2v) is 7.94. The van der Waals surface area contributed by atoms with Gasteiger partial charge in [-0.05, 0) is 35.2 Å². The van der Waals surface area contributed by atoms with Crippen LogP contribution in [0.1, 0.15) is 30.0 Å². The van der Waals surface area contributed by atoms with Crippen LogP contribution in [0.25, 0.3) is 12.2 Å². The first-order valence-corrected chi connectivity index (χ1v) is 11.1. The minimum atomic E-state index is -1.07. The number of carbonyl (C=O) groups is 3. The Labute approximate surface area is 198 Å². The molecule has 3 aromatic carbocycles. The molecule has 1 saturated heterocycles. The van der Waals surface area contributed by atoms with Crippen molar-refractivity contribution in [1.29, 1.82) is 0 Å². The quantitative estimate of drug-likeness (QED) is 0.511. The van der Waals surface area contributed by atoms with Gasteiger partial charge in [-0.2, -0.15) is 0 Å². The molecule has 34 heavy (non-hydrogen) atoms. The highest BCUT2D eigenvalue weighted by Crippen LogP contribution is 2.35. The number of anilines is 2. The summed E-state index contributed by atoms with van der Waals surface area (Å²) in [4.78, 5) is 37.3. The monoisotopic (exact) mass is 454 g/mol. The Kier molecular flexibility index (Phi) is 6.45. The Hall–Kier alpha value is -4.39. The number of nitrogens with one attached hydrogen (secondary N) is 2. The first-order chi connectivity index (χ1) is 16.5. The van der Waals surface area contributed by atoms with Crippen LogP contribution in [0.5, 0.6) is 0 Å². The first-order valence-electron chi connectivity index (χ1n) is 11.1. The standard InChI is InChI=1S/C15H12N2O.C12H14N2O2/c16-15(18)17-13-7-3-1-5-11(13)9-10-12-6-2-4-8-14(12)17;1-2-12(9-6-4-3-5-7-9)10(15)13-8-14-11(12)16/h1-10H,(H2,16,18);3-7H,2,8H2,1H3,(H,13,15)(H,14,16). The van der Waals surface area contributed by atoms with Gasteiger partial charge in [0.25, 0.3) is 0 Å². The van der Waals surface area contributed by atoms with Gasteiger partial charge < -0.3 is 16.4 Å². The molecule has 0 aromatic heterocycles. The number of primary amides is 1. The van der Waals surface area contributed by atoms with Gasteiger partial charge in [-0.3, -0.25) is 14.5 Å². The highest BCUT2D eigenvalue weighted by atomic mass is 16.2. The summed E-state index contributed by atoms with van der Waals surface area (Å²) in [7, 11) is 0. The summed E-state index contributed by atoms with van der Waals surface area (Å²) in [5.74, 6) is -0.435. The molecule has 0 atom stereocenters. The largest absolute Gasteiger partial charge is 0.351 e. The molecule has 0 aliphatic carbocycles. The van der Waals surface area contributed by atoms with E-state index in [2.05, 4.69) is 10.6 Å². The molecular weight excluding hydrogens is 428 g/mol. The number of rotatable bonds is 2. The van der Waals surface area contributed by atoms with E-state index in [1.54, 1.807) is 4.90 Å². The molecule has 7 nitrogen and oxygen atoms in total. The third-order valence-corrected chi connectivity index (χ3v) is 6.09. The van der Waals surface area contributed by atoms with Crippen molar-refractivity contribution in [2.45, 2.75) is 18.8 Å². The summed E-state index contributed by atoms with van der Waals surface area (Å²) in [6.07, 6.45) is 4.45. The van der Waals surface area contributed by atoms with Gasteiger partial charge in [0.05, 0.1) is 18.0 Å². The van der Waals surface area contributed by atoms with Crippen LogP contribution < -0.4 is 21.3 Å². The predicted octanol–water partition coefficient (Wildman–Crippen LogP) is 3.93. The number of fused-ring (bicyclic) bond motifs is 2. The van der Waals surface area contributed by atoms with E-state index >= 15 is 0 Å². The summed E-state index contributed by atoms with van der Waals surface area (Å²) >= 11 is 0. The van der Waals surface area contributed by atoms with Crippen LogP contribution in [0.2, 0.25) is 0 Å². The highest BCUT2D eigenvalue weighted by Gasteiger charge is 2.47. The van der Waals surface area contributed by atoms with E-state index in [4.69, 9.17) is 5.73 Å². The summed E-state index contributed by atoms with van der Waals surface area (Å²) in [5.41, 5.74) is 8.78. The number of amides is 4. The highest BCUT2D eigenvalue weighted by molar-refractivity contribution is 6.12. The second-order valence-electron chi connectivity index (χ2n) is 7.94. The zero-order valence-electron chi connectivity index (χ0n) is 18.8. The van der Waals surface area contributed by atoms with Crippen LogP contribution in [0.15, 0.2) is 78.9 Å². The van der Waals surface area contributed by atoms with E-state index in [1.165, 1.54) is 0 Å². The molecule has 0 unspecified atom stereocenters. The molecule has 0 spiro atoms. The smallest absolute Gasteiger partial charge is 0.323 e. The average molecular weight is 455 g/mol. The summed E-state index contributed by atoms with van der Waals surface area (Å²) in [5, 5.41) is 5.36. The molecule has 2 aliphatic rings. The van der Waals surface area contributed by atoms with Crippen LogP contribution in [0.4, 0.5) is 16.2 Å². The van der Waals surface area contributed by atoms with Crippen LogP contribution in [0, 0.1) is 0 Å².